The topological polar surface area (TPSA) is 0 Å². The quantitative estimate of drug-likeness (QED) is 0.481. The van der Waals surface area contributed by atoms with E-state index in [2.05, 4.69) is 46.3 Å². The van der Waals surface area contributed by atoms with Gasteiger partial charge < -0.3 is 0 Å². The Labute approximate surface area is 136 Å². The second-order valence-electron chi connectivity index (χ2n) is 5.03. The summed E-state index contributed by atoms with van der Waals surface area (Å²) in [5.41, 5.74) is 1.95. The smallest absolute Gasteiger partial charge is 0.137 e. The van der Waals surface area contributed by atoms with Crippen LogP contribution in [-0.4, -0.2) is 0 Å². The molecular weight excluding hydrogens is 351 g/mol. The fraction of sp³-hybridized carbons (Fsp3) is 0.111. The summed E-state index contributed by atoms with van der Waals surface area (Å²) in [5.74, 6) is -0.281. The van der Waals surface area contributed by atoms with Crippen molar-refractivity contribution >= 4 is 38.3 Å². The van der Waals surface area contributed by atoms with Gasteiger partial charge in [-0.05, 0) is 56.4 Å². The third-order valence-electron chi connectivity index (χ3n) is 3.53. The van der Waals surface area contributed by atoms with E-state index in [4.69, 9.17) is 11.6 Å². The molecule has 0 saturated carbocycles. The zero-order valence-corrected chi connectivity index (χ0v) is 13.5. The Morgan fingerprint density at radius 2 is 1.71 bits per heavy atom. The molecule has 3 aromatic carbocycles. The van der Waals surface area contributed by atoms with Gasteiger partial charge >= 0.3 is 0 Å². The van der Waals surface area contributed by atoms with Crippen LogP contribution < -0.4 is 0 Å². The monoisotopic (exact) mass is 362 g/mol. The first-order valence-electron chi connectivity index (χ1n) is 6.70. The highest BCUT2D eigenvalue weighted by atomic mass is 79.9. The molecule has 0 nitrogen and oxygen atoms in total. The summed E-state index contributed by atoms with van der Waals surface area (Å²) >= 11 is 9.59. The molecule has 0 heterocycles. The van der Waals surface area contributed by atoms with Gasteiger partial charge in [-0.3, -0.25) is 0 Å². The number of hydrogen-bond acceptors (Lipinski definition) is 0. The Morgan fingerprint density at radius 1 is 0.952 bits per heavy atom. The summed E-state index contributed by atoms with van der Waals surface area (Å²) in [4.78, 5) is 0. The number of fused-ring (bicyclic) bond motifs is 1. The van der Waals surface area contributed by atoms with Gasteiger partial charge in [0, 0.05) is 0 Å². The molecule has 3 heteroatoms. The first kappa shape index (κ1) is 14.6. The Kier molecular flexibility index (Phi) is 4.27. The average molecular weight is 364 g/mol. The van der Waals surface area contributed by atoms with E-state index in [1.165, 1.54) is 16.8 Å². The van der Waals surface area contributed by atoms with E-state index in [0.29, 0.717) is 10.9 Å². The number of alkyl halides is 1. The third-order valence-corrected chi connectivity index (χ3v) is 4.58. The standard InChI is InChI=1S/C18H13BrClF/c19-16-8-7-15(11-18(16)21)17(20)10-12-5-6-13-3-1-2-4-14(13)9-12/h1-9,11,17H,10H2. The van der Waals surface area contributed by atoms with E-state index < -0.39 is 0 Å². The van der Waals surface area contributed by atoms with Crippen molar-refractivity contribution in [1.29, 1.82) is 0 Å². The Hall–Kier alpha value is -1.38. The molecule has 0 radical (unpaired) electrons. The molecule has 0 bridgehead atoms. The minimum atomic E-state index is -0.281. The van der Waals surface area contributed by atoms with E-state index in [0.717, 1.165) is 11.1 Å². The molecule has 0 aromatic heterocycles. The predicted molar refractivity (Wildman–Crippen MR) is 90.3 cm³/mol. The van der Waals surface area contributed by atoms with Gasteiger partial charge in [-0.15, -0.1) is 11.6 Å². The van der Waals surface area contributed by atoms with Crippen molar-refractivity contribution in [3.05, 3.63) is 82.1 Å². The molecule has 3 aromatic rings. The molecule has 0 aliphatic rings. The highest BCUT2D eigenvalue weighted by molar-refractivity contribution is 9.10. The first-order valence-corrected chi connectivity index (χ1v) is 7.93. The maximum atomic E-state index is 13.6. The van der Waals surface area contributed by atoms with Crippen LogP contribution in [0.25, 0.3) is 10.8 Å². The van der Waals surface area contributed by atoms with Gasteiger partial charge in [-0.1, -0.05) is 48.5 Å². The van der Waals surface area contributed by atoms with Crippen molar-refractivity contribution in [2.24, 2.45) is 0 Å². The van der Waals surface area contributed by atoms with E-state index >= 15 is 0 Å². The predicted octanol–water partition coefficient (Wildman–Crippen LogP) is 6.26. The summed E-state index contributed by atoms with van der Waals surface area (Å²) in [7, 11) is 0. The Morgan fingerprint density at radius 3 is 2.48 bits per heavy atom. The van der Waals surface area contributed by atoms with Crippen molar-refractivity contribution in [3.63, 3.8) is 0 Å². The molecule has 0 amide bonds. The number of hydrogen-bond donors (Lipinski definition) is 0. The molecular formula is C18H13BrClF. The molecule has 3 rings (SSSR count). The fourth-order valence-corrected chi connectivity index (χ4v) is 2.96. The molecule has 106 valence electrons. The molecule has 21 heavy (non-hydrogen) atoms. The first-order chi connectivity index (χ1) is 10.1. The minimum absolute atomic E-state index is 0.242. The lowest BCUT2D eigenvalue weighted by Crippen LogP contribution is -1.97. The van der Waals surface area contributed by atoms with Crippen LogP contribution in [0.15, 0.2) is 65.1 Å². The van der Waals surface area contributed by atoms with Gasteiger partial charge in [0.1, 0.15) is 5.82 Å². The summed E-state index contributed by atoms with van der Waals surface area (Å²) in [6.07, 6.45) is 0.674. The summed E-state index contributed by atoms with van der Waals surface area (Å²) in [6, 6.07) is 19.6. The van der Waals surface area contributed by atoms with Crippen molar-refractivity contribution in [3.8, 4) is 0 Å². The lowest BCUT2D eigenvalue weighted by molar-refractivity contribution is 0.618. The van der Waals surface area contributed by atoms with Crippen molar-refractivity contribution in [2.45, 2.75) is 11.8 Å². The maximum Gasteiger partial charge on any atom is 0.137 e. The SMILES string of the molecule is Fc1cc(C(Cl)Cc2ccc3ccccc3c2)ccc1Br. The van der Waals surface area contributed by atoms with Crippen molar-refractivity contribution in [1.82, 2.24) is 0 Å². The average Bonchev–Trinajstić information content (AvgIpc) is 2.50. The molecule has 0 fully saturated rings. The Balaban J connectivity index is 1.85. The molecule has 1 atom stereocenters. The van der Waals surface area contributed by atoms with Crippen LogP contribution in [0, 0.1) is 5.82 Å². The van der Waals surface area contributed by atoms with E-state index in [1.807, 2.05) is 18.2 Å². The van der Waals surface area contributed by atoms with Gasteiger partial charge in [0.15, 0.2) is 0 Å². The molecule has 0 spiro atoms. The Bertz CT molecular complexity index is 785. The van der Waals surface area contributed by atoms with Crippen LogP contribution in [0.5, 0.6) is 0 Å². The van der Waals surface area contributed by atoms with E-state index in [9.17, 15) is 4.39 Å². The van der Waals surface area contributed by atoms with Crippen LogP contribution in [-0.2, 0) is 6.42 Å². The van der Waals surface area contributed by atoms with Crippen molar-refractivity contribution < 1.29 is 4.39 Å². The fourth-order valence-electron chi connectivity index (χ4n) is 2.40. The summed E-state index contributed by atoms with van der Waals surface area (Å²) in [5, 5.41) is 2.16. The van der Waals surface area contributed by atoms with Crippen LogP contribution in [0.2, 0.25) is 0 Å². The molecule has 0 saturated heterocycles. The maximum absolute atomic E-state index is 13.6. The normalized spacial score (nSPS) is 12.5. The summed E-state index contributed by atoms with van der Waals surface area (Å²) in [6.45, 7) is 0. The molecule has 1 unspecified atom stereocenters. The highest BCUT2D eigenvalue weighted by Gasteiger charge is 2.11. The molecule has 0 aliphatic heterocycles. The van der Waals surface area contributed by atoms with E-state index in [1.54, 1.807) is 6.07 Å². The van der Waals surface area contributed by atoms with Crippen LogP contribution in [0.4, 0.5) is 4.39 Å². The second-order valence-corrected chi connectivity index (χ2v) is 6.41. The number of halogens is 3. The highest BCUT2D eigenvalue weighted by Crippen LogP contribution is 2.29. The number of rotatable bonds is 3. The van der Waals surface area contributed by atoms with Crippen LogP contribution >= 0.6 is 27.5 Å². The zero-order chi connectivity index (χ0) is 14.8. The van der Waals surface area contributed by atoms with Gasteiger partial charge in [0.05, 0.1) is 9.85 Å². The van der Waals surface area contributed by atoms with Crippen molar-refractivity contribution in [2.75, 3.05) is 0 Å². The van der Waals surface area contributed by atoms with Crippen LogP contribution in [0.1, 0.15) is 16.5 Å². The lowest BCUT2D eigenvalue weighted by Gasteiger charge is -2.11. The van der Waals surface area contributed by atoms with Gasteiger partial charge in [0.25, 0.3) is 0 Å². The minimum Gasteiger partial charge on any atom is -0.206 e. The third kappa shape index (κ3) is 3.28. The zero-order valence-electron chi connectivity index (χ0n) is 11.2. The molecule has 0 N–H and O–H groups in total. The van der Waals surface area contributed by atoms with Gasteiger partial charge in [-0.2, -0.15) is 0 Å². The second kappa shape index (κ2) is 6.17. The van der Waals surface area contributed by atoms with Gasteiger partial charge in [-0.25, -0.2) is 4.39 Å². The largest absolute Gasteiger partial charge is 0.206 e. The van der Waals surface area contributed by atoms with Gasteiger partial charge in [0.2, 0.25) is 0 Å². The summed E-state index contributed by atoms with van der Waals surface area (Å²) < 4.78 is 14.0. The lowest BCUT2D eigenvalue weighted by atomic mass is 10.0. The van der Waals surface area contributed by atoms with E-state index in [-0.39, 0.29) is 11.2 Å². The molecule has 0 aliphatic carbocycles. The van der Waals surface area contributed by atoms with Crippen LogP contribution in [0.3, 0.4) is 0 Å². The number of benzene rings is 3.